The Kier molecular flexibility index (Phi) is 7.98. The molecule has 104 valence electrons. The molecule has 0 aromatic heterocycles. The molecule has 0 heterocycles. The van der Waals surface area contributed by atoms with Gasteiger partial charge in [-0.1, -0.05) is 0 Å². The third-order valence-electron chi connectivity index (χ3n) is 1.48. The zero-order valence-corrected chi connectivity index (χ0v) is 12.8. The van der Waals surface area contributed by atoms with Crippen LogP contribution in [-0.2, 0) is 15.3 Å². The molecule has 0 aromatic carbocycles. The SMILES string of the molecule is CC#COI(OC)(OCC)(OCF)OCCC. The number of hydrogen-bond donors (Lipinski definition) is 0. The summed E-state index contributed by atoms with van der Waals surface area (Å²) in [5.74, 6) is 2.51. The number of halogens is 2. The van der Waals surface area contributed by atoms with Crippen LogP contribution in [0.4, 0.5) is 4.39 Å². The molecule has 0 aliphatic carbocycles. The van der Waals surface area contributed by atoms with Gasteiger partial charge in [0.05, 0.1) is 0 Å². The molecular formula is C10H20FIO5. The number of alkyl halides is 1. The van der Waals surface area contributed by atoms with Crippen LogP contribution in [-0.4, -0.2) is 27.2 Å². The summed E-state index contributed by atoms with van der Waals surface area (Å²) in [6.07, 6.45) is 3.01. The van der Waals surface area contributed by atoms with Crippen LogP contribution in [0.15, 0.2) is 0 Å². The Morgan fingerprint density at radius 1 is 1.18 bits per heavy atom. The maximum absolute atomic E-state index is 12.6. The van der Waals surface area contributed by atoms with Gasteiger partial charge in [0.25, 0.3) is 0 Å². The van der Waals surface area contributed by atoms with Gasteiger partial charge in [-0.3, -0.25) is 0 Å². The Morgan fingerprint density at radius 2 is 1.88 bits per heavy atom. The number of rotatable bonds is 9. The van der Waals surface area contributed by atoms with Crippen molar-refractivity contribution in [1.82, 2.24) is 0 Å². The average Bonchev–Trinajstić information content (AvgIpc) is 2.35. The first-order valence-corrected chi connectivity index (χ1v) is 9.59. The van der Waals surface area contributed by atoms with Crippen LogP contribution in [0.5, 0.6) is 0 Å². The van der Waals surface area contributed by atoms with Crippen LogP contribution in [0.2, 0.25) is 0 Å². The standard InChI is InChI=1S/C10H20FIO5/c1-5-8-15-12(13-4,14-7-3,17-10-11)16-9-6-2/h5,7-8,10H2,1-4H3. The second-order valence-corrected chi connectivity index (χ2v) is 9.43. The first-order chi connectivity index (χ1) is 8.12. The molecule has 0 atom stereocenters. The van der Waals surface area contributed by atoms with Crippen molar-refractivity contribution in [2.75, 3.05) is 27.2 Å². The van der Waals surface area contributed by atoms with E-state index in [9.17, 15) is 4.39 Å². The molecule has 0 fully saturated rings. The van der Waals surface area contributed by atoms with Gasteiger partial charge >= 0.3 is 105 Å². The average molecular weight is 366 g/mol. The van der Waals surface area contributed by atoms with Gasteiger partial charge in [0, 0.05) is 0 Å². The van der Waals surface area contributed by atoms with E-state index in [1.165, 1.54) is 7.11 Å². The second-order valence-electron chi connectivity index (χ2n) is 2.64. The van der Waals surface area contributed by atoms with E-state index < -0.39 is 26.0 Å². The zero-order valence-electron chi connectivity index (χ0n) is 10.6. The molecule has 0 saturated carbocycles. The summed E-state index contributed by atoms with van der Waals surface area (Å²) >= 11 is -5.08. The summed E-state index contributed by atoms with van der Waals surface area (Å²) in [6.45, 7) is 4.52. The normalized spacial score (nSPS) is 13.4. The zero-order chi connectivity index (χ0) is 13.2. The third-order valence-corrected chi connectivity index (χ3v) is 8.21. The maximum atomic E-state index is 12.6. The topological polar surface area (TPSA) is 46.2 Å². The summed E-state index contributed by atoms with van der Waals surface area (Å²) in [6, 6.07) is 0. The van der Waals surface area contributed by atoms with Crippen molar-refractivity contribution in [3.05, 3.63) is 0 Å². The van der Waals surface area contributed by atoms with Crippen LogP contribution in [0.1, 0.15) is 27.2 Å². The van der Waals surface area contributed by atoms with E-state index in [0.29, 0.717) is 6.42 Å². The quantitative estimate of drug-likeness (QED) is 0.463. The third kappa shape index (κ3) is 4.56. The van der Waals surface area contributed by atoms with E-state index in [4.69, 9.17) is 15.3 Å². The fourth-order valence-corrected chi connectivity index (χ4v) is 5.88. The van der Waals surface area contributed by atoms with E-state index in [2.05, 4.69) is 12.0 Å². The molecule has 0 N–H and O–H groups in total. The van der Waals surface area contributed by atoms with Crippen LogP contribution in [0.3, 0.4) is 0 Å². The van der Waals surface area contributed by atoms with Crippen LogP contribution in [0, 0.1) is 12.0 Å². The fraction of sp³-hybridized carbons (Fsp3) is 0.800. The van der Waals surface area contributed by atoms with Crippen molar-refractivity contribution >= 4 is 19.1 Å². The van der Waals surface area contributed by atoms with Gasteiger partial charge in [0.1, 0.15) is 0 Å². The van der Waals surface area contributed by atoms with Gasteiger partial charge in [0.15, 0.2) is 0 Å². The molecule has 0 saturated heterocycles. The van der Waals surface area contributed by atoms with E-state index >= 15 is 0 Å². The van der Waals surface area contributed by atoms with Crippen molar-refractivity contribution in [1.29, 1.82) is 0 Å². The molecule has 5 nitrogen and oxygen atoms in total. The Hall–Kier alpha value is -0.140. The van der Waals surface area contributed by atoms with E-state index in [1.54, 1.807) is 13.8 Å². The molecule has 0 aliphatic rings. The van der Waals surface area contributed by atoms with Gasteiger partial charge < -0.3 is 0 Å². The summed E-state index contributed by atoms with van der Waals surface area (Å²) in [4.78, 5) is 0. The Morgan fingerprint density at radius 3 is 2.29 bits per heavy atom. The number of hydrogen-bond acceptors (Lipinski definition) is 5. The van der Waals surface area contributed by atoms with Crippen LogP contribution >= 0.6 is 19.1 Å². The molecule has 0 rings (SSSR count). The molecule has 7 heteroatoms. The molecule has 0 radical (unpaired) electrons. The van der Waals surface area contributed by atoms with Gasteiger partial charge in [-0.05, 0) is 0 Å². The summed E-state index contributed by atoms with van der Waals surface area (Å²) < 4.78 is 38.7. The first kappa shape index (κ1) is 16.9. The van der Waals surface area contributed by atoms with Gasteiger partial charge in [-0.2, -0.15) is 0 Å². The monoisotopic (exact) mass is 366 g/mol. The summed E-state index contributed by atoms with van der Waals surface area (Å²) in [7, 11) is 1.30. The molecule has 0 bridgehead atoms. The predicted molar refractivity (Wildman–Crippen MR) is 70.5 cm³/mol. The summed E-state index contributed by atoms with van der Waals surface area (Å²) in [5.41, 5.74) is 0. The van der Waals surface area contributed by atoms with Gasteiger partial charge in [-0.15, -0.1) is 0 Å². The second kappa shape index (κ2) is 8.05. The molecular weight excluding hydrogens is 346 g/mol. The Balaban J connectivity index is 5.18. The Labute approximate surface area is 105 Å². The molecule has 17 heavy (non-hydrogen) atoms. The van der Waals surface area contributed by atoms with Crippen molar-refractivity contribution in [2.24, 2.45) is 0 Å². The molecule has 0 amide bonds. The van der Waals surface area contributed by atoms with Crippen molar-refractivity contribution in [3.63, 3.8) is 0 Å². The molecule has 0 unspecified atom stereocenters. The fourth-order valence-electron chi connectivity index (χ4n) is 0.877. The summed E-state index contributed by atoms with van der Waals surface area (Å²) in [5, 5.41) is 0. The van der Waals surface area contributed by atoms with Crippen molar-refractivity contribution in [2.45, 2.75) is 27.2 Å². The van der Waals surface area contributed by atoms with E-state index in [1.807, 2.05) is 6.92 Å². The van der Waals surface area contributed by atoms with E-state index in [0.717, 1.165) is 0 Å². The van der Waals surface area contributed by atoms with Crippen molar-refractivity contribution < 1.29 is 19.7 Å². The minimum absolute atomic E-state index is 0.206. The predicted octanol–water partition coefficient (Wildman–Crippen LogP) is 3.19. The minimum atomic E-state index is -5.08. The van der Waals surface area contributed by atoms with Crippen molar-refractivity contribution in [3.8, 4) is 12.0 Å². The molecule has 0 aromatic rings. The molecule has 0 spiro atoms. The van der Waals surface area contributed by atoms with Crippen LogP contribution < -0.4 is 0 Å². The van der Waals surface area contributed by atoms with Crippen LogP contribution in [0.25, 0.3) is 0 Å². The van der Waals surface area contributed by atoms with Gasteiger partial charge in [0.2, 0.25) is 0 Å². The molecule has 0 aliphatic heterocycles. The Bertz CT molecular complexity index is 270. The first-order valence-electron chi connectivity index (χ1n) is 5.18. The van der Waals surface area contributed by atoms with E-state index in [-0.39, 0.29) is 13.2 Å². The van der Waals surface area contributed by atoms with Gasteiger partial charge in [-0.25, -0.2) is 0 Å².